The molecule has 5 rings (SSSR count). The Hall–Kier alpha value is -2.64. The van der Waals surface area contributed by atoms with Crippen LogP contribution >= 0.6 is 0 Å². The van der Waals surface area contributed by atoms with E-state index in [1.807, 2.05) is 49.9 Å². The van der Waals surface area contributed by atoms with Gasteiger partial charge in [0, 0.05) is 37.1 Å². The van der Waals surface area contributed by atoms with Crippen LogP contribution in [0, 0.1) is 20.8 Å². The Morgan fingerprint density at radius 1 is 0.939 bits per heavy atom. The summed E-state index contributed by atoms with van der Waals surface area (Å²) in [7, 11) is -3.82. The van der Waals surface area contributed by atoms with E-state index in [-0.39, 0.29) is 16.6 Å². The molecule has 0 atom stereocenters. The number of hydrogen-bond donors (Lipinski definition) is 0. The number of sulfonamides is 1. The number of carbonyl (C=O) groups excluding carboxylic acids is 1. The summed E-state index contributed by atoms with van der Waals surface area (Å²) in [6.45, 7) is 7.78. The van der Waals surface area contributed by atoms with Gasteiger partial charge < -0.3 is 9.32 Å². The first kappa shape index (κ1) is 22.2. The molecule has 2 aliphatic rings. The number of rotatable bonds is 3. The van der Waals surface area contributed by atoms with Crippen molar-refractivity contribution in [2.24, 2.45) is 0 Å². The normalized spacial score (nSPS) is 17.4. The zero-order chi connectivity index (χ0) is 23.3. The van der Waals surface area contributed by atoms with E-state index in [1.54, 1.807) is 4.31 Å². The molecule has 3 aromatic rings. The highest BCUT2D eigenvalue weighted by atomic mass is 32.2. The van der Waals surface area contributed by atoms with Crippen molar-refractivity contribution >= 4 is 26.9 Å². The van der Waals surface area contributed by atoms with E-state index in [9.17, 15) is 13.2 Å². The van der Waals surface area contributed by atoms with Crippen molar-refractivity contribution in [3.05, 3.63) is 63.9 Å². The smallest absolute Gasteiger partial charge is 0.289 e. The zero-order valence-electron chi connectivity index (χ0n) is 19.5. The first-order valence-electron chi connectivity index (χ1n) is 11.7. The summed E-state index contributed by atoms with van der Waals surface area (Å²) < 4.78 is 35.6. The molecule has 2 aromatic carbocycles. The number of nitrogens with zero attached hydrogens (tertiary/aromatic N) is 2. The maximum absolute atomic E-state index is 13.9. The molecular weight excluding hydrogens is 436 g/mol. The number of aryl methyl sites for hydroxylation is 2. The summed E-state index contributed by atoms with van der Waals surface area (Å²) in [6, 6.07) is 9.93. The van der Waals surface area contributed by atoms with Gasteiger partial charge in [-0.1, -0.05) is 24.3 Å². The van der Waals surface area contributed by atoms with Crippen molar-refractivity contribution in [3.8, 4) is 0 Å². The number of piperidine rings is 1. The molecule has 0 bridgehead atoms. The largest absolute Gasteiger partial charge is 0.449 e. The van der Waals surface area contributed by atoms with Crippen molar-refractivity contribution in [2.45, 2.75) is 57.9 Å². The number of amides is 1. The lowest BCUT2D eigenvalue weighted by Gasteiger charge is -2.28. The van der Waals surface area contributed by atoms with E-state index in [4.69, 9.17) is 4.42 Å². The Kier molecular flexibility index (Phi) is 5.57. The zero-order valence-corrected chi connectivity index (χ0v) is 20.3. The average Bonchev–Trinajstić information content (AvgIpc) is 3.14. The van der Waals surface area contributed by atoms with Crippen LogP contribution in [-0.4, -0.2) is 43.2 Å². The van der Waals surface area contributed by atoms with E-state index < -0.39 is 10.0 Å². The first-order chi connectivity index (χ1) is 15.8. The molecule has 0 N–H and O–H groups in total. The third-order valence-electron chi connectivity index (χ3n) is 7.22. The fourth-order valence-corrected chi connectivity index (χ4v) is 6.93. The minimum atomic E-state index is -3.82. The second kappa shape index (κ2) is 8.29. The summed E-state index contributed by atoms with van der Waals surface area (Å²) in [6.07, 6.45) is 3.78. The third-order valence-corrected chi connectivity index (χ3v) is 9.22. The molecule has 6 nitrogen and oxygen atoms in total. The SMILES string of the molecule is Cc1cc2c(C)c(C(=O)N3CCCCC3)oc2c(S(=O)(=O)N2CCc3ccccc3C2)c1C. The highest BCUT2D eigenvalue weighted by Gasteiger charge is 2.35. The van der Waals surface area contributed by atoms with Crippen molar-refractivity contribution in [3.63, 3.8) is 0 Å². The second-order valence-corrected chi connectivity index (χ2v) is 11.2. The van der Waals surface area contributed by atoms with Crippen molar-refractivity contribution in [2.75, 3.05) is 19.6 Å². The van der Waals surface area contributed by atoms with Gasteiger partial charge in [0.05, 0.1) is 0 Å². The third kappa shape index (κ3) is 3.67. The Bertz CT molecular complexity index is 1350. The lowest BCUT2D eigenvalue weighted by Crippen LogP contribution is -2.36. The summed E-state index contributed by atoms with van der Waals surface area (Å²) in [5.41, 5.74) is 4.79. The van der Waals surface area contributed by atoms with Crippen LogP contribution < -0.4 is 0 Å². The highest BCUT2D eigenvalue weighted by Crippen LogP contribution is 2.37. The number of benzene rings is 2. The fourth-order valence-electron chi connectivity index (χ4n) is 5.10. The van der Waals surface area contributed by atoms with Crippen LogP contribution in [0.3, 0.4) is 0 Å². The van der Waals surface area contributed by atoms with Gasteiger partial charge in [0.15, 0.2) is 11.3 Å². The van der Waals surface area contributed by atoms with E-state index >= 15 is 0 Å². The monoisotopic (exact) mass is 466 g/mol. The number of furan rings is 1. The van der Waals surface area contributed by atoms with Gasteiger partial charge >= 0.3 is 0 Å². The topological polar surface area (TPSA) is 70.8 Å². The maximum Gasteiger partial charge on any atom is 0.289 e. The minimum absolute atomic E-state index is 0.144. The lowest BCUT2D eigenvalue weighted by atomic mass is 10.0. The van der Waals surface area contributed by atoms with Crippen LogP contribution in [0.4, 0.5) is 0 Å². The van der Waals surface area contributed by atoms with E-state index in [2.05, 4.69) is 6.07 Å². The van der Waals surface area contributed by atoms with Gasteiger partial charge in [-0.15, -0.1) is 0 Å². The van der Waals surface area contributed by atoms with Crippen molar-refractivity contribution < 1.29 is 17.6 Å². The standard InChI is InChI=1S/C26H30N2O4S/c1-17-15-22-19(3)23(26(29)27-12-7-4-8-13-27)32-24(22)25(18(17)2)33(30,31)28-14-11-20-9-5-6-10-21(20)16-28/h5-6,9-10,15H,4,7-8,11-14,16H2,1-3H3. The molecule has 0 radical (unpaired) electrons. The molecule has 7 heteroatoms. The quantitative estimate of drug-likeness (QED) is 0.559. The van der Waals surface area contributed by atoms with Gasteiger partial charge in [-0.25, -0.2) is 8.42 Å². The molecule has 1 amide bonds. The summed E-state index contributed by atoms with van der Waals surface area (Å²) in [5.74, 6) is 0.117. The predicted octanol–water partition coefficient (Wildman–Crippen LogP) is 4.73. The minimum Gasteiger partial charge on any atom is -0.449 e. The fraction of sp³-hybridized carbons (Fsp3) is 0.423. The number of carbonyl (C=O) groups is 1. The average molecular weight is 467 g/mol. The van der Waals surface area contributed by atoms with Crippen molar-refractivity contribution in [1.29, 1.82) is 0 Å². The number of hydrogen-bond acceptors (Lipinski definition) is 4. The van der Waals surface area contributed by atoms with E-state index in [0.717, 1.165) is 30.4 Å². The second-order valence-electron chi connectivity index (χ2n) is 9.29. The molecule has 174 valence electrons. The van der Waals surface area contributed by atoms with Gasteiger partial charge in [0.2, 0.25) is 10.0 Å². The van der Waals surface area contributed by atoms with Crippen molar-refractivity contribution in [1.82, 2.24) is 9.21 Å². The molecule has 0 saturated carbocycles. The Labute approximate surface area is 195 Å². The van der Waals surface area contributed by atoms with Crippen LogP contribution in [0.25, 0.3) is 11.0 Å². The van der Waals surface area contributed by atoms with Gasteiger partial charge in [-0.3, -0.25) is 4.79 Å². The van der Waals surface area contributed by atoms with Gasteiger partial charge in [0.1, 0.15) is 4.90 Å². The number of fused-ring (bicyclic) bond motifs is 2. The maximum atomic E-state index is 13.9. The highest BCUT2D eigenvalue weighted by molar-refractivity contribution is 7.89. The van der Waals surface area contributed by atoms with Crippen LogP contribution in [0.1, 0.15) is 57.6 Å². The summed E-state index contributed by atoms with van der Waals surface area (Å²) >= 11 is 0. The first-order valence-corrected chi connectivity index (χ1v) is 13.1. The van der Waals surface area contributed by atoms with E-state index in [0.29, 0.717) is 54.7 Å². The molecule has 0 spiro atoms. The Morgan fingerprint density at radius 3 is 2.36 bits per heavy atom. The molecular formula is C26H30N2O4S. The molecule has 33 heavy (non-hydrogen) atoms. The molecule has 3 heterocycles. The van der Waals surface area contributed by atoms with Crippen LogP contribution in [0.15, 0.2) is 39.6 Å². The molecule has 0 unspecified atom stereocenters. The van der Waals surface area contributed by atoms with Gasteiger partial charge in [-0.05, 0) is 74.8 Å². The van der Waals surface area contributed by atoms with Crippen LogP contribution in [0.5, 0.6) is 0 Å². The molecule has 2 aliphatic heterocycles. The summed E-state index contributed by atoms with van der Waals surface area (Å²) in [4.78, 5) is 15.2. The molecule has 1 saturated heterocycles. The Morgan fingerprint density at radius 2 is 1.64 bits per heavy atom. The molecule has 0 aliphatic carbocycles. The predicted molar refractivity (Wildman–Crippen MR) is 128 cm³/mol. The number of likely N-dealkylation sites (tertiary alicyclic amines) is 1. The van der Waals surface area contributed by atoms with Gasteiger partial charge in [-0.2, -0.15) is 4.31 Å². The van der Waals surface area contributed by atoms with Gasteiger partial charge in [0.25, 0.3) is 5.91 Å². The summed E-state index contributed by atoms with van der Waals surface area (Å²) in [5, 5.41) is 0.703. The molecule has 1 fully saturated rings. The van der Waals surface area contributed by atoms with Crippen LogP contribution in [-0.2, 0) is 23.0 Å². The Balaban J connectivity index is 1.62. The van der Waals surface area contributed by atoms with Crippen LogP contribution in [0.2, 0.25) is 0 Å². The molecule has 1 aromatic heterocycles. The lowest BCUT2D eigenvalue weighted by molar-refractivity contribution is 0.0693. The van der Waals surface area contributed by atoms with E-state index in [1.165, 1.54) is 5.56 Å².